The molecule has 3 heteroatoms. The molecule has 1 aromatic carbocycles. The summed E-state index contributed by atoms with van der Waals surface area (Å²) in [7, 11) is 2.04. The van der Waals surface area contributed by atoms with Crippen molar-refractivity contribution >= 4 is 11.8 Å². The predicted octanol–water partition coefficient (Wildman–Crippen LogP) is 3.19. The fourth-order valence-corrected chi connectivity index (χ4v) is 3.45. The fraction of sp³-hybridized carbons (Fsp3) is 0.600. The molecular weight excluding hydrogens is 240 g/mol. The third kappa shape index (κ3) is 2.90. The van der Waals surface area contributed by atoms with Gasteiger partial charge >= 0.3 is 0 Å². The lowest BCUT2D eigenvalue weighted by molar-refractivity contribution is 0.366. The maximum atomic E-state index is 5.93. The van der Waals surface area contributed by atoms with E-state index in [1.165, 1.54) is 23.3 Å². The molecule has 1 saturated carbocycles. The zero-order valence-electron chi connectivity index (χ0n) is 11.6. The van der Waals surface area contributed by atoms with Gasteiger partial charge in [0.05, 0.1) is 0 Å². The first-order chi connectivity index (χ1) is 8.61. The number of hydrogen-bond donors (Lipinski definition) is 2. The quantitative estimate of drug-likeness (QED) is 0.775. The maximum Gasteiger partial charge on any atom is 0.0386 e. The molecule has 18 heavy (non-hydrogen) atoms. The molecule has 1 aliphatic carbocycles. The monoisotopic (exact) mass is 264 g/mol. The second-order valence-electron chi connectivity index (χ2n) is 5.52. The van der Waals surface area contributed by atoms with Crippen molar-refractivity contribution in [2.24, 2.45) is 11.1 Å². The Balaban J connectivity index is 2.12. The van der Waals surface area contributed by atoms with Crippen LogP contribution in [0.15, 0.2) is 29.2 Å². The van der Waals surface area contributed by atoms with Crippen molar-refractivity contribution in [1.29, 1.82) is 0 Å². The average Bonchev–Trinajstić information content (AvgIpc) is 3.13. The highest BCUT2D eigenvalue weighted by atomic mass is 32.2. The van der Waals surface area contributed by atoms with Crippen LogP contribution in [0.4, 0.5) is 0 Å². The van der Waals surface area contributed by atoms with Crippen LogP contribution < -0.4 is 11.1 Å². The Labute approximate surface area is 115 Å². The van der Waals surface area contributed by atoms with Gasteiger partial charge in [-0.05, 0) is 44.1 Å². The Kier molecular flexibility index (Phi) is 4.36. The number of benzene rings is 1. The van der Waals surface area contributed by atoms with Crippen LogP contribution in [0.3, 0.4) is 0 Å². The van der Waals surface area contributed by atoms with E-state index in [9.17, 15) is 0 Å². The summed E-state index contributed by atoms with van der Waals surface area (Å²) in [4.78, 5) is 1.35. The second kappa shape index (κ2) is 5.64. The van der Waals surface area contributed by atoms with Crippen molar-refractivity contribution in [2.45, 2.75) is 42.9 Å². The van der Waals surface area contributed by atoms with E-state index in [0.717, 1.165) is 6.54 Å². The molecule has 2 nitrogen and oxygen atoms in total. The van der Waals surface area contributed by atoms with Crippen molar-refractivity contribution in [3.63, 3.8) is 0 Å². The summed E-state index contributed by atoms with van der Waals surface area (Å²) in [5.74, 6) is 0. The molecule has 0 heterocycles. The summed E-state index contributed by atoms with van der Waals surface area (Å²) < 4.78 is 0. The van der Waals surface area contributed by atoms with Crippen LogP contribution in [-0.2, 0) is 0 Å². The molecule has 1 unspecified atom stereocenters. The minimum absolute atomic E-state index is 0.307. The van der Waals surface area contributed by atoms with E-state index in [-0.39, 0.29) is 0 Å². The van der Waals surface area contributed by atoms with Crippen LogP contribution in [0.1, 0.15) is 38.3 Å². The van der Waals surface area contributed by atoms with Crippen molar-refractivity contribution in [1.82, 2.24) is 5.32 Å². The van der Waals surface area contributed by atoms with Crippen LogP contribution in [0.5, 0.6) is 0 Å². The molecule has 1 fully saturated rings. The third-order valence-corrected chi connectivity index (χ3v) is 4.80. The molecule has 1 aliphatic rings. The van der Waals surface area contributed by atoms with Gasteiger partial charge in [0.2, 0.25) is 0 Å². The lowest BCUT2D eigenvalue weighted by Crippen LogP contribution is -2.32. The standard InChI is InChI=1S/C15H24N2S/c1-11(2)18-13-6-4-12(5-7-13)14(17-3)15(10-16)8-9-15/h4-7,11,14,17H,8-10,16H2,1-3H3. The maximum absolute atomic E-state index is 5.93. The van der Waals surface area contributed by atoms with Crippen molar-refractivity contribution in [3.05, 3.63) is 29.8 Å². The molecule has 0 bridgehead atoms. The van der Waals surface area contributed by atoms with Gasteiger partial charge in [0.15, 0.2) is 0 Å². The van der Waals surface area contributed by atoms with Crippen molar-refractivity contribution in [2.75, 3.05) is 13.6 Å². The molecule has 2 rings (SSSR count). The zero-order valence-corrected chi connectivity index (χ0v) is 12.4. The van der Waals surface area contributed by atoms with Crippen molar-refractivity contribution < 1.29 is 0 Å². The smallest absolute Gasteiger partial charge is 0.0386 e. The largest absolute Gasteiger partial charge is 0.330 e. The highest BCUT2D eigenvalue weighted by Gasteiger charge is 2.48. The van der Waals surface area contributed by atoms with Crippen molar-refractivity contribution in [3.8, 4) is 0 Å². The Morgan fingerprint density at radius 1 is 1.28 bits per heavy atom. The number of nitrogens with one attached hydrogen (secondary N) is 1. The SMILES string of the molecule is CNC(c1ccc(SC(C)C)cc1)C1(CN)CC1. The van der Waals surface area contributed by atoms with Gasteiger partial charge in [-0.25, -0.2) is 0 Å². The van der Waals surface area contributed by atoms with Gasteiger partial charge in [0.1, 0.15) is 0 Å². The highest BCUT2D eigenvalue weighted by molar-refractivity contribution is 7.99. The number of nitrogens with two attached hydrogens (primary N) is 1. The van der Waals surface area contributed by atoms with E-state index < -0.39 is 0 Å². The molecule has 0 aromatic heterocycles. The van der Waals surface area contributed by atoms with E-state index in [1.807, 2.05) is 18.8 Å². The second-order valence-corrected chi connectivity index (χ2v) is 7.17. The summed E-state index contributed by atoms with van der Waals surface area (Å²) in [6.45, 7) is 5.23. The van der Waals surface area contributed by atoms with Crippen LogP contribution in [0.25, 0.3) is 0 Å². The first-order valence-electron chi connectivity index (χ1n) is 6.75. The van der Waals surface area contributed by atoms with Gasteiger partial charge in [0.25, 0.3) is 0 Å². The Morgan fingerprint density at radius 3 is 2.28 bits per heavy atom. The third-order valence-electron chi connectivity index (χ3n) is 3.79. The Bertz CT molecular complexity index is 382. The summed E-state index contributed by atoms with van der Waals surface area (Å²) >= 11 is 1.91. The van der Waals surface area contributed by atoms with Gasteiger partial charge in [-0.3, -0.25) is 0 Å². The lowest BCUT2D eigenvalue weighted by Gasteiger charge is -2.26. The van der Waals surface area contributed by atoms with Gasteiger partial charge in [-0.2, -0.15) is 0 Å². The molecule has 1 atom stereocenters. The van der Waals surface area contributed by atoms with Gasteiger partial charge < -0.3 is 11.1 Å². The van der Waals surface area contributed by atoms with Crippen LogP contribution in [0.2, 0.25) is 0 Å². The Hall–Kier alpha value is -0.510. The minimum Gasteiger partial charge on any atom is -0.330 e. The Morgan fingerprint density at radius 2 is 1.89 bits per heavy atom. The van der Waals surface area contributed by atoms with Gasteiger partial charge in [-0.15, -0.1) is 11.8 Å². The molecule has 0 aliphatic heterocycles. The molecule has 100 valence electrons. The fourth-order valence-electron chi connectivity index (χ4n) is 2.61. The molecule has 0 saturated heterocycles. The minimum atomic E-state index is 0.307. The summed E-state index contributed by atoms with van der Waals surface area (Å²) in [5, 5.41) is 4.08. The molecule has 1 aromatic rings. The molecule has 0 amide bonds. The molecule has 3 N–H and O–H groups in total. The van der Waals surface area contributed by atoms with Crippen LogP contribution in [-0.4, -0.2) is 18.8 Å². The van der Waals surface area contributed by atoms with E-state index >= 15 is 0 Å². The van der Waals surface area contributed by atoms with E-state index in [0.29, 0.717) is 16.7 Å². The van der Waals surface area contributed by atoms with E-state index in [1.54, 1.807) is 0 Å². The van der Waals surface area contributed by atoms with E-state index in [4.69, 9.17) is 5.73 Å². The van der Waals surface area contributed by atoms with E-state index in [2.05, 4.69) is 43.4 Å². The zero-order chi connectivity index (χ0) is 13.2. The van der Waals surface area contributed by atoms with Crippen LogP contribution in [0, 0.1) is 5.41 Å². The topological polar surface area (TPSA) is 38.0 Å². The van der Waals surface area contributed by atoms with Gasteiger partial charge in [0, 0.05) is 21.6 Å². The summed E-state index contributed by atoms with van der Waals surface area (Å²) in [6, 6.07) is 9.37. The van der Waals surface area contributed by atoms with Crippen LogP contribution >= 0.6 is 11.8 Å². The van der Waals surface area contributed by atoms with Gasteiger partial charge in [-0.1, -0.05) is 26.0 Å². The molecule has 0 spiro atoms. The lowest BCUT2D eigenvalue weighted by atomic mass is 9.90. The summed E-state index contributed by atoms with van der Waals surface area (Å²) in [6.07, 6.45) is 2.50. The molecule has 0 radical (unpaired) electrons. The first kappa shape index (κ1) is 13.9. The normalized spacial score (nSPS) is 18.9. The number of rotatable bonds is 6. The first-order valence-corrected chi connectivity index (χ1v) is 7.63. The summed E-state index contributed by atoms with van der Waals surface area (Å²) in [5.41, 5.74) is 7.61. The molecular formula is C15H24N2S. The number of hydrogen-bond acceptors (Lipinski definition) is 3. The average molecular weight is 264 g/mol. The highest BCUT2D eigenvalue weighted by Crippen LogP contribution is 2.53. The predicted molar refractivity (Wildman–Crippen MR) is 80.0 cm³/mol. The number of thioether (sulfide) groups is 1.